The third kappa shape index (κ3) is 5.26. The maximum absolute atomic E-state index is 11.4. The van der Waals surface area contributed by atoms with Crippen LogP contribution in [0, 0.1) is 0 Å². The van der Waals surface area contributed by atoms with Gasteiger partial charge < -0.3 is 10.1 Å². The number of rotatable bonds is 4. The van der Waals surface area contributed by atoms with Gasteiger partial charge in [0.25, 0.3) is 0 Å². The van der Waals surface area contributed by atoms with Gasteiger partial charge in [-0.05, 0) is 27.7 Å². The Hall–Kier alpha value is -0.0900. The number of hydrogen-bond acceptors (Lipinski definition) is 2. The van der Waals surface area contributed by atoms with Crippen molar-refractivity contribution in [2.45, 2.75) is 37.6 Å². The maximum Gasteiger partial charge on any atom is 0.236 e. The molecule has 0 saturated carbocycles. The fourth-order valence-corrected chi connectivity index (χ4v) is 0.716. The summed E-state index contributed by atoms with van der Waals surface area (Å²) in [4.78, 5) is 11.4. The van der Waals surface area contributed by atoms with Crippen molar-refractivity contribution in [2.75, 3.05) is 13.7 Å². The van der Waals surface area contributed by atoms with Crippen LogP contribution in [0.4, 0.5) is 0 Å². The number of alkyl halides is 1. The summed E-state index contributed by atoms with van der Waals surface area (Å²) in [6, 6.07) is 0. The van der Waals surface area contributed by atoms with Gasteiger partial charge in [-0.25, -0.2) is 0 Å². The molecule has 0 aliphatic heterocycles. The van der Waals surface area contributed by atoms with E-state index in [2.05, 4.69) is 21.2 Å². The first-order valence-corrected chi connectivity index (χ1v) is 5.01. The van der Waals surface area contributed by atoms with Crippen LogP contribution in [0.3, 0.4) is 0 Å². The molecule has 0 aromatic heterocycles. The van der Waals surface area contributed by atoms with E-state index in [0.717, 1.165) is 0 Å². The molecule has 13 heavy (non-hydrogen) atoms. The Bertz CT molecular complexity index is 185. The molecule has 0 aromatic rings. The minimum absolute atomic E-state index is 0.0300. The van der Waals surface area contributed by atoms with E-state index < -0.39 is 4.32 Å². The van der Waals surface area contributed by atoms with Gasteiger partial charge in [0.15, 0.2) is 0 Å². The average Bonchev–Trinajstić information content (AvgIpc) is 1.98. The number of halogens is 1. The molecule has 0 aromatic carbocycles. The number of amides is 1. The van der Waals surface area contributed by atoms with Crippen molar-refractivity contribution >= 4 is 21.8 Å². The normalized spacial score (nSPS) is 12.8. The lowest BCUT2D eigenvalue weighted by Gasteiger charge is -2.25. The first kappa shape index (κ1) is 12.9. The van der Waals surface area contributed by atoms with Gasteiger partial charge in [0.2, 0.25) is 5.91 Å². The molecule has 0 fully saturated rings. The fraction of sp³-hybridized carbons (Fsp3) is 0.889. The van der Waals surface area contributed by atoms with Gasteiger partial charge in [0.1, 0.15) is 0 Å². The zero-order valence-electron chi connectivity index (χ0n) is 8.90. The molecule has 0 aliphatic carbocycles. The van der Waals surface area contributed by atoms with Crippen LogP contribution in [-0.2, 0) is 9.53 Å². The Morgan fingerprint density at radius 1 is 1.38 bits per heavy atom. The summed E-state index contributed by atoms with van der Waals surface area (Å²) in [7, 11) is 1.63. The number of methoxy groups -OCH3 is 1. The van der Waals surface area contributed by atoms with E-state index in [4.69, 9.17) is 4.74 Å². The van der Waals surface area contributed by atoms with Crippen LogP contribution in [0.25, 0.3) is 0 Å². The molecular weight excluding hydrogens is 234 g/mol. The van der Waals surface area contributed by atoms with Crippen molar-refractivity contribution in [1.29, 1.82) is 0 Å². The van der Waals surface area contributed by atoms with Crippen molar-refractivity contribution in [1.82, 2.24) is 5.32 Å². The fourth-order valence-electron chi connectivity index (χ4n) is 0.575. The summed E-state index contributed by atoms with van der Waals surface area (Å²) in [5.41, 5.74) is -0.312. The summed E-state index contributed by atoms with van der Waals surface area (Å²) >= 11 is 3.28. The Morgan fingerprint density at radius 2 is 1.85 bits per heavy atom. The highest BCUT2D eigenvalue weighted by molar-refractivity contribution is 9.10. The average molecular weight is 252 g/mol. The molecular formula is C9H18BrNO2. The van der Waals surface area contributed by atoms with Crippen molar-refractivity contribution in [3.05, 3.63) is 0 Å². The standard InChI is InChI=1S/C9H18BrNO2/c1-8(2,13-5)6-11-7(12)9(3,4)10/h6H2,1-5H3,(H,11,12). The highest BCUT2D eigenvalue weighted by atomic mass is 79.9. The zero-order chi connectivity index (χ0) is 10.7. The van der Waals surface area contributed by atoms with E-state index in [1.54, 1.807) is 7.11 Å². The van der Waals surface area contributed by atoms with Crippen molar-refractivity contribution in [3.63, 3.8) is 0 Å². The minimum atomic E-state index is -0.517. The molecule has 78 valence electrons. The number of nitrogens with one attached hydrogen (secondary N) is 1. The summed E-state index contributed by atoms with van der Waals surface area (Å²) in [6.45, 7) is 7.98. The SMILES string of the molecule is COC(C)(C)CNC(=O)C(C)(C)Br. The molecule has 0 saturated heterocycles. The Balaban J connectivity index is 3.98. The highest BCUT2D eigenvalue weighted by Crippen LogP contribution is 2.16. The minimum Gasteiger partial charge on any atom is -0.377 e. The second kappa shape index (κ2) is 4.42. The monoisotopic (exact) mass is 251 g/mol. The molecule has 0 rings (SSSR count). The summed E-state index contributed by atoms with van der Waals surface area (Å²) in [5, 5.41) is 2.80. The molecule has 0 bridgehead atoms. The Kier molecular flexibility index (Phi) is 4.39. The Morgan fingerprint density at radius 3 is 2.15 bits per heavy atom. The van der Waals surface area contributed by atoms with Crippen LogP contribution in [0.5, 0.6) is 0 Å². The third-order valence-corrected chi connectivity index (χ3v) is 2.13. The van der Waals surface area contributed by atoms with Gasteiger partial charge in [0.05, 0.1) is 9.93 Å². The van der Waals surface area contributed by atoms with E-state index in [9.17, 15) is 4.79 Å². The molecule has 3 nitrogen and oxygen atoms in total. The van der Waals surface area contributed by atoms with Crippen molar-refractivity contribution < 1.29 is 9.53 Å². The van der Waals surface area contributed by atoms with E-state index in [1.807, 2.05) is 27.7 Å². The molecule has 1 amide bonds. The van der Waals surface area contributed by atoms with E-state index >= 15 is 0 Å². The van der Waals surface area contributed by atoms with Gasteiger partial charge in [-0.15, -0.1) is 0 Å². The summed E-state index contributed by atoms with van der Waals surface area (Å²) in [5.74, 6) is -0.0300. The maximum atomic E-state index is 11.4. The first-order chi connectivity index (χ1) is 5.69. The lowest BCUT2D eigenvalue weighted by Crippen LogP contribution is -2.45. The number of ether oxygens (including phenoxy) is 1. The molecule has 4 heteroatoms. The van der Waals surface area contributed by atoms with Gasteiger partial charge in [-0.1, -0.05) is 15.9 Å². The van der Waals surface area contributed by atoms with Crippen molar-refractivity contribution in [2.24, 2.45) is 0 Å². The lowest BCUT2D eigenvalue weighted by molar-refractivity contribution is -0.123. The van der Waals surface area contributed by atoms with Gasteiger partial charge in [-0.2, -0.15) is 0 Å². The van der Waals surface area contributed by atoms with Gasteiger partial charge in [-0.3, -0.25) is 4.79 Å². The number of carbonyl (C=O) groups excluding carboxylic acids is 1. The van der Waals surface area contributed by atoms with E-state index in [0.29, 0.717) is 6.54 Å². The third-order valence-electron chi connectivity index (χ3n) is 1.77. The number of carbonyl (C=O) groups is 1. The molecule has 0 unspecified atom stereocenters. The molecule has 0 spiro atoms. The molecule has 1 N–H and O–H groups in total. The second-order valence-corrected chi connectivity index (χ2v) is 6.10. The number of hydrogen-bond donors (Lipinski definition) is 1. The molecule has 0 radical (unpaired) electrons. The quantitative estimate of drug-likeness (QED) is 0.773. The van der Waals surface area contributed by atoms with Crippen molar-refractivity contribution in [3.8, 4) is 0 Å². The Labute approximate surface area is 88.4 Å². The van der Waals surface area contributed by atoms with Crippen LogP contribution in [0.2, 0.25) is 0 Å². The topological polar surface area (TPSA) is 38.3 Å². The van der Waals surface area contributed by atoms with E-state index in [1.165, 1.54) is 0 Å². The second-order valence-electron chi connectivity index (χ2n) is 4.12. The van der Waals surface area contributed by atoms with E-state index in [-0.39, 0.29) is 11.5 Å². The summed E-state index contributed by atoms with van der Waals surface area (Å²) in [6.07, 6.45) is 0. The predicted molar refractivity (Wildman–Crippen MR) is 57.1 cm³/mol. The lowest BCUT2D eigenvalue weighted by atomic mass is 10.1. The van der Waals surface area contributed by atoms with Crippen LogP contribution in [-0.4, -0.2) is 29.5 Å². The van der Waals surface area contributed by atoms with Crippen LogP contribution < -0.4 is 5.32 Å². The van der Waals surface area contributed by atoms with Crippen LogP contribution in [0.1, 0.15) is 27.7 Å². The first-order valence-electron chi connectivity index (χ1n) is 4.21. The smallest absolute Gasteiger partial charge is 0.236 e. The summed E-state index contributed by atoms with van der Waals surface area (Å²) < 4.78 is 4.65. The predicted octanol–water partition coefficient (Wildman–Crippen LogP) is 1.70. The van der Waals surface area contributed by atoms with Gasteiger partial charge in [0, 0.05) is 13.7 Å². The molecule has 0 heterocycles. The largest absolute Gasteiger partial charge is 0.377 e. The van der Waals surface area contributed by atoms with Crippen LogP contribution in [0.15, 0.2) is 0 Å². The van der Waals surface area contributed by atoms with Crippen LogP contribution >= 0.6 is 15.9 Å². The van der Waals surface area contributed by atoms with Gasteiger partial charge >= 0.3 is 0 Å². The molecule has 0 atom stereocenters. The zero-order valence-corrected chi connectivity index (χ0v) is 10.5. The molecule has 0 aliphatic rings. The highest BCUT2D eigenvalue weighted by Gasteiger charge is 2.25.